The molecule has 1 rings (SSSR count). The largest absolute Gasteiger partial charge is 0.389 e. The van der Waals surface area contributed by atoms with Gasteiger partial charge in [-0.25, -0.2) is 13.1 Å². The molecule has 114 valence electrons. The second kappa shape index (κ2) is 6.94. The summed E-state index contributed by atoms with van der Waals surface area (Å²) >= 11 is 0. The molecule has 0 saturated heterocycles. The lowest BCUT2D eigenvalue weighted by molar-refractivity contribution is -0.135. The number of anilines is 1. The molecule has 0 bridgehead atoms. The standard InChI is InChI=1S/C12H17F3N2O2S/c1-16-10-6-2-3-7-11(10)20(18,19)17-9-5-4-8-12(13,14)15/h2-3,6-7,16-17H,4-5,8-9H2,1H3. The summed E-state index contributed by atoms with van der Waals surface area (Å²) in [6.45, 7) is -0.0174. The number of rotatable bonds is 7. The molecule has 0 aromatic heterocycles. The zero-order chi connectivity index (χ0) is 15.2. The predicted octanol–water partition coefficient (Wildman–Crippen LogP) is 2.74. The first-order valence-corrected chi connectivity index (χ1v) is 7.58. The molecule has 20 heavy (non-hydrogen) atoms. The minimum atomic E-state index is -4.20. The van der Waals surface area contributed by atoms with Gasteiger partial charge in [-0.1, -0.05) is 12.1 Å². The van der Waals surface area contributed by atoms with Gasteiger partial charge in [-0.2, -0.15) is 13.2 Å². The van der Waals surface area contributed by atoms with Crippen LogP contribution >= 0.6 is 0 Å². The third kappa shape index (κ3) is 5.38. The Morgan fingerprint density at radius 2 is 1.80 bits per heavy atom. The number of alkyl halides is 3. The Balaban J connectivity index is 2.54. The molecule has 1 aromatic carbocycles. The number of sulfonamides is 1. The van der Waals surface area contributed by atoms with Crippen LogP contribution < -0.4 is 10.0 Å². The van der Waals surface area contributed by atoms with Gasteiger partial charge in [0.1, 0.15) is 4.90 Å². The van der Waals surface area contributed by atoms with Crippen molar-refractivity contribution in [3.05, 3.63) is 24.3 Å². The van der Waals surface area contributed by atoms with E-state index in [-0.39, 0.29) is 24.3 Å². The molecule has 0 aliphatic carbocycles. The number of hydrogen-bond acceptors (Lipinski definition) is 3. The van der Waals surface area contributed by atoms with Crippen molar-refractivity contribution in [3.63, 3.8) is 0 Å². The molecule has 0 aliphatic heterocycles. The third-order valence-corrected chi connectivity index (χ3v) is 4.14. The van der Waals surface area contributed by atoms with Crippen LogP contribution in [-0.4, -0.2) is 28.2 Å². The molecule has 0 atom stereocenters. The van der Waals surface area contributed by atoms with Crippen LogP contribution in [0.25, 0.3) is 0 Å². The molecule has 8 heteroatoms. The Labute approximate surface area is 116 Å². The van der Waals surface area contributed by atoms with Gasteiger partial charge < -0.3 is 5.32 Å². The van der Waals surface area contributed by atoms with Gasteiger partial charge in [-0.3, -0.25) is 0 Å². The fourth-order valence-corrected chi connectivity index (χ4v) is 2.93. The highest BCUT2D eigenvalue weighted by Gasteiger charge is 2.26. The lowest BCUT2D eigenvalue weighted by Gasteiger charge is -2.11. The second-order valence-electron chi connectivity index (χ2n) is 4.22. The fraction of sp³-hybridized carbons (Fsp3) is 0.500. The summed E-state index contributed by atoms with van der Waals surface area (Å²) in [5.74, 6) is 0. The molecular weight excluding hydrogens is 293 g/mol. The van der Waals surface area contributed by atoms with Gasteiger partial charge in [-0.05, 0) is 25.0 Å². The van der Waals surface area contributed by atoms with E-state index in [2.05, 4.69) is 10.0 Å². The minimum absolute atomic E-state index is 0.0174. The van der Waals surface area contributed by atoms with E-state index in [1.807, 2.05) is 0 Å². The highest BCUT2D eigenvalue weighted by atomic mass is 32.2. The van der Waals surface area contributed by atoms with Crippen molar-refractivity contribution in [1.29, 1.82) is 0 Å². The highest BCUT2D eigenvalue weighted by Crippen LogP contribution is 2.22. The first kappa shape index (κ1) is 16.8. The van der Waals surface area contributed by atoms with Crippen molar-refractivity contribution < 1.29 is 21.6 Å². The van der Waals surface area contributed by atoms with Gasteiger partial charge >= 0.3 is 6.18 Å². The molecule has 0 amide bonds. The van der Waals surface area contributed by atoms with Crippen molar-refractivity contribution in [2.24, 2.45) is 0 Å². The third-order valence-electron chi connectivity index (χ3n) is 2.63. The Morgan fingerprint density at radius 1 is 1.15 bits per heavy atom. The summed E-state index contributed by atoms with van der Waals surface area (Å²) in [6.07, 6.45) is -5.06. The van der Waals surface area contributed by atoms with E-state index in [1.54, 1.807) is 25.2 Å². The molecular formula is C12H17F3N2O2S. The summed E-state index contributed by atoms with van der Waals surface area (Å²) in [5.41, 5.74) is 0.440. The Bertz CT molecular complexity index is 530. The van der Waals surface area contributed by atoms with Crippen molar-refractivity contribution in [2.45, 2.75) is 30.3 Å². The van der Waals surface area contributed by atoms with Gasteiger partial charge in [0.05, 0.1) is 5.69 Å². The Hall–Kier alpha value is -1.28. The lowest BCUT2D eigenvalue weighted by Crippen LogP contribution is -2.25. The normalized spacial score (nSPS) is 12.4. The topological polar surface area (TPSA) is 58.2 Å². The van der Waals surface area contributed by atoms with E-state index >= 15 is 0 Å². The van der Waals surface area contributed by atoms with Gasteiger partial charge in [0, 0.05) is 20.0 Å². The monoisotopic (exact) mass is 310 g/mol. The number of nitrogens with one attached hydrogen (secondary N) is 2. The zero-order valence-corrected chi connectivity index (χ0v) is 11.8. The average molecular weight is 310 g/mol. The maximum Gasteiger partial charge on any atom is 0.389 e. The summed E-state index contributed by atoms with van der Waals surface area (Å²) in [7, 11) is -2.12. The Kier molecular flexibility index (Phi) is 5.82. The number of para-hydroxylation sites is 1. The van der Waals surface area contributed by atoms with Crippen LogP contribution in [0.15, 0.2) is 29.2 Å². The van der Waals surface area contributed by atoms with Crippen LogP contribution in [0, 0.1) is 0 Å². The Morgan fingerprint density at radius 3 is 2.40 bits per heavy atom. The molecule has 0 aliphatic rings. The minimum Gasteiger partial charge on any atom is -0.387 e. The molecule has 1 aromatic rings. The van der Waals surface area contributed by atoms with Gasteiger partial charge in [0.25, 0.3) is 0 Å². The summed E-state index contributed by atoms with van der Waals surface area (Å²) in [4.78, 5) is 0.0818. The first-order chi connectivity index (χ1) is 9.26. The zero-order valence-electron chi connectivity index (χ0n) is 11.0. The maximum absolute atomic E-state index is 12.0. The molecule has 0 fully saturated rings. The molecule has 0 heterocycles. The van der Waals surface area contributed by atoms with Crippen LogP contribution in [0.2, 0.25) is 0 Å². The number of unbranched alkanes of at least 4 members (excludes halogenated alkanes) is 1. The van der Waals surface area contributed by atoms with Crippen LogP contribution in [0.1, 0.15) is 19.3 Å². The lowest BCUT2D eigenvalue weighted by atomic mass is 10.2. The fourth-order valence-electron chi connectivity index (χ4n) is 1.64. The van der Waals surface area contributed by atoms with Gasteiger partial charge in [0.15, 0.2) is 0 Å². The van der Waals surface area contributed by atoms with Crippen LogP contribution in [-0.2, 0) is 10.0 Å². The molecule has 0 radical (unpaired) electrons. The predicted molar refractivity (Wildman–Crippen MR) is 71.1 cm³/mol. The smallest absolute Gasteiger partial charge is 0.387 e. The summed E-state index contributed by atoms with van der Waals surface area (Å²) in [5, 5.41) is 2.76. The molecule has 0 saturated carbocycles. The van der Waals surface area contributed by atoms with E-state index in [0.717, 1.165) is 0 Å². The van der Waals surface area contributed by atoms with Crippen LogP contribution in [0.5, 0.6) is 0 Å². The van der Waals surface area contributed by atoms with E-state index in [9.17, 15) is 21.6 Å². The number of hydrogen-bond donors (Lipinski definition) is 2. The van der Waals surface area contributed by atoms with Crippen molar-refractivity contribution in [2.75, 3.05) is 18.9 Å². The van der Waals surface area contributed by atoms with E-state index in [4.69, 9.17) is 0 Å². The average Bonchev–Trinajstić information content (AvgIpc) is 2.36. The van der Waals surface area contributed by atoms with E-state index in [1.165, 1.54) is 6.07 Å². The SMILES string of the molecule is CNc1ccccc1S(=O)(=O)NCCCCC(F)(F)F. The first-order valence-electron chi connectivity index (χ1n) is 6.09. The van der Waals surface area contributed by atoms with Crippen LogP contribution in [0.3, 0.4) is 0 Å². The van der Waals surface area contributed by atoms with Crippen molar-refractivity contribution >= 4 is 15.7 Å². The van der Waals surface area contributed by atoms with Crippen molar-refractivity contribution in [1.82, 2.24) is 4.72 Å². The van der Waals surface area contributed by atoms with Crippen LogP contribution in [0.4, 0.5) is 18.9 Å². The van der Waals surface area contributed by atoms with E-state index in [0.29, 0.717) is 5.69 Å². The molecule has 0 spiro atoms. The highest BCUT2D eigenvalue weighted by molar-refractivity contribution is 7.89. The number of benzene rings is 1. The molecule has 4 nitrogen and oxygen atoms in total. The number of halogens is 3. The van der Waals surface area contributed by atoms with Gasteiger partial charge in [0.2, 0.25) is 10.0 Å². The van der Waals surface area contributed by atoms with Gasteiger partial charge in [-0.15, -0.1) is 0 Å². The summed E-state index contributed by atoms with van der Waals surface area (Å²) < 4.78 is 62.1. The quantitative estimate of drug-likeness (QED) is 0.761. The molecule has 0 unspecified atom stereocenters. The van der Waals surface area contributed by atoms with E-state index < -0.39 is 22.6 Å². The second-order valence-corrected chi connectivity index (χ2v) is 5.95. The molecule has 2 N–H and O–H groups in total. The summed E-state index contributed by atoms with van der Waals surface area (Å²) in [6, 6.07) is 6.31. The maximum atomic E-state index is 12.0. The van der Waals surface area contributed by atoms with Crippen molar-refractivity contribution in [3.8, 4) is 0 Å².